The lowest BCUT2D eigenvalue weighted by Crippen LogP contribution is -2.28. The molecule has 2 atom stereocenters. The highest BCUT2D eigenvalue weighted by Gasteiger charge is 2.24. The number of rotatable bonds is 3. The Morgan fingerprint density at radius 1 is 1.20 bits per heavy atom. The molecule has 1 heterocycles. The van der Waals surface area contributed by atoms with Crippen LogP contribution in [0.3, 0.4) is 0 Å². The molecule has 2 unspecified atom stereocenters. The molecule has 1 aliphatic rings. The van der Waals surface area contributed by atoms with E-state index in [1.807, 2.05) is 6.92 Å². The maximum Gasteiger partial charge on any atom is 0.251 e. The number of benzene rings is 2. The van der Waals surface area contributed by atoms with E-state index in [0.717, 1.165) is 17.0 Å². The Balaban J connectivity index is 1.76. The molecular weight excluding hydrogens is 346 g/mol. The van der Waals surface area contributed by atoms with Gasteiger partial charge in [0.05, 0.1) is 17.0 Å². The minimum absolute atomic E-state index is 0.106. The van der Waals surface area contributed by atoms with Crippen molar-refractivity contribution in [1.29, 1.82) is 0 Å². The van der Waals surface area contributed by atoms with Crippen LogP contribution in [0.4, 0.5) is 14.5 Å². The van der Waals surface area contributed by atoms with Gasteiger partial charge in [-0.3, -0.25) is 9.59 Å². The second-order valence-electron chi connectivity index (χ2n) is 5.83. The lowest BCUT2D eigenvalue weighted by Gasteiger charge is -2.22. The zero-order valence-electron chi connectivity index (χ0n) is 13.6. The van der Waals surface area contributed by atoms with Gasteiger partial charge in [0.15, 0.2) is 11.6 Å². The van der Waals surface area contributed by atoms with Crippen LogP contribution < -0.4 is 10.6 Å². The number of carbonyl (C=O) groups excluding carboxylic acids is 2. The van der Waals surface area contributed by atoms with E-state index in [9.17, 15) is 18.4 Å². The number of hydrogen-bond acceptors (Lipinski definition) is 3. The maximum absolute atomic E-state index is 13.3. The topological polar surface area (TPSA) is 58.2 Å². The average Bonchev–Trinajstić information content (AvgIpc) is 2.57. The van der Waals surface area contributed by atoms with E-state index in [1.165, 1.54) is 17.8 Å². The van der Waals surface area contributed by atoms with Gasteiger partial charge in [-0.05, 0) is 49.7 Å². The SMILES string of the molecule is CC1Sc2ccc(C(=O)NC(C)c3ccc(F)c(F)c3)cc2NC1=O. The Labute approximate surface area is 148 Å². The van der Waals surface area contributed by atoms with Gasteiger partial charge in [-0.15, -0.1) is 11.8 Å². The molecule has 2 aromatic carbocycles. The van der Waals surface area contributed by atoms with E-state index in [0.29, 0.717) is 16.8 Å². The third kappa shape index (κ3) is 3.66. The number of amides is 2. The van der Waals surface area contributed by atoms with Crippen molar-refractivity contribution in [2.75, 3.05) is 5.32 Å². The third-order valence-corrected chi connectivity index (χ3v) is 5.14. The standard InChI is InChI=1S/C18H16F2N2O2S/c1-9(11-3-5-13(19)14(20)7-11)21-18(24)12-4-6-16-15(8-12)22-17(23)10(2)25-16/h3-10H,1-2H3,(H,21,24)(H,22,23). The molecule has 7 heteroatoms. The van der Waals surface area contributed by atoms with Crippen LogP contribution >= 0.6 is 11.8 Å². The number of nitrogens with one attached hydrogen (secondary N) is 2. The first kappa shape index (κ1) is 17.4. The summed E-state index contributed by atoms with van der Waals surface area (Å²) in [6, 6.07) is 8.08. The van der Waals surface area contributed by atoms with Gasteiger partial charge in [-0.25, -0.2) is 8.78 Å². The molecule has 2 N–H and O–H groups in total. The molecule has 2 aromatic rings. The molecule has 2 amide bonds. The quantitative estimate of drug-likeness (QED) is 0.871. The van der Waals surface area contributed by atoms with Crippen molar-refractivity contribution in [3.05, 3.63) is 59.2 Å². The van der Waals surface area contributed by atoms with Gasteiger partial charge in [0.1, 0.15) is 0 Å². The van der Waals surface area contributed by atoms with Crippen molar-refractivity contribution in [1.82, 2.24) is 5.32 Å². The number of carbonyl (C=O) groups is 2. The van der Waals surface area contributed by atoms with Crippen molar-refractivity contribution in [3.63, 3.8) is 0 Å². The first-order chi connectivity index (χ1) is 11.8. The number of hydrogen-bond donors (Lipinski definition) is 2. The van der Waals surface area contributed by atoms with Crippen molar-refractivity contribution in [2.24, 2.45) is 0 Å². The maximum atomic E-state index is 13.3. The summed E-state index contributed by atoms with van der Waals surface area (Å²) in [7, 11) is 0. The van der Waals surface area contributed by atoms with E-state index < -0.39 is 17.7 Å². The van der Waals surface area contributed by atoms with E-state index in [2.05, 4.69) is 10.6 Å². The molecule has 0 bridgehead atoms. The number of fused-ring (bicyclic) bond motifs is 1. The van der Waals surface area contributed by atoms with E-state index in [4.69, 9.17) is 0 Å². The smallest absolute Gasteiger partial charge is 0.251 e. The summed E-state index contributed by atoms with van der Waals surface area (Å²) in [6.07, 6.45) is 0. The largest absolute Gasteiger partial charge is 0.346 e. The normalized spacial score (nSPS) is 17.4. The molecular formula is C18H16F2N2O2S. The summed E-state index contributed by atoms with van der Waals surface area (Å²) in [4.78, 5) is 25.1. The summed E-state index contributed by atoms with van der Waals surface area (Å²) >= 11 is 1.43. The van der Waals surface area contributed by atoms with Gasteiger partial charge in [0.2, 0.25) is 5.91 Å². The fourth-order valence-corrected chi connectivity index (χ4v) is 3.43. The first-order valence-electron chi connectivity index (χ1n) is 7.72. The lowest BCUT2D eigenvalue weighted by molar-refractivity contribution is -0.115. The predicted molar refractivity (Wildman–Crippen MR) is 92.6 cm³/mol. The minimum atomic E-state index is -0.957. The highest BCUT2D eigenvalue weighted by molar-refractivity contribution is 8.00. The molecule has 1 aliphatic heterocycles. The van der Waals surface area contributed by atoms with Gasteiger partial charge >= 0.3 is 0 Å². The molecule has 25 heavy (non-hydrogen) atoms. The molecule has 0 spiro atoms. The molecule has 0 radical (unpaired) electrons. The van der Waals surface area contributed by atoms with Gasteiger partial charge in [0, 0.05) is 10.5 Å². The van der Waals surface area contributed by atoms with Crippen LogP contribution in [-0.2, 0) is 4.79 Å². The van der Waals surface area contributed by atoms with Crippen LogP contribution in [0.15, 0.2) is 41.3 Å². The second-order valence-corrected chi connectivity index (χ2v) is 7.21. The Morgan fingerprint density at radius 3 is 2.68 bits per heavy atom. The van der Waals surface area contributed by atoms with Gasteiger partial charge in [0.25, 0.3) is 5.91 Å². The van der Waals surface area contributed by atoms with Gasteiger partial charge in [-0.1, -0.05) is 6.07 Å². The highest BCUT2D eigenvalue weighted by Crippen LogP contribution is 2.36. The zero-order chi connectivity index (χ0) is 18.1. The first-order valence-corrected chi connectivity index (χ1v) is 8.60. The minimum Gasteiger partial charge on any atom is -0.346 e. The van der Waals surface area contributed by atoms with Gasteiger partial charge < -0.3 is 10.6 Å². The number of halogens is 2. The van der Waals surface area contributed by atoms with Crippen molar-refractivity contribution in [3.8, 4) is 0 Å². The zero-order valence-corrected chi connectivity index (χ0v) is 14.4. The van der Waals surface area contributed by atoms with Crippen molar-refractivity contribution >= 4 is 29.3 Å². The second kappa shape index (κ2) is 6.84. The summed E-state index contributed by atoms with van der Waals surface area (Å²) in [5.74, 6) is -2.36. The number of anilines is 1. The van der Waals surface area contributed by atoms with Crippen molar-refractivity contribution in [2.45, 2.75) is 30.0 Å². The third-order valence-electron chi connectivity index (χ3n) is 3.96. The van der Waals surface area contributed by atoms with Crippen molar-refractivity contribution < 1.29 is 18.4 Å². The average molecular weight is 362 g/mol. The van der Waals surface area contributed by atoms with E-state index in [1.54, 1.807) is 25.1 Å². The molecule has 0 aromatic heterocycles. The van der Waals surface area contributed by atoms with Crippen LogP contribution in [0.25, 0.3) is 0 Å². The Morgan fingerprint density at radius 2 is 1.96 bits per heavy atom. The summed E-state index contributed by atoms with van der Waals surface area (Å²) < 4.78 is 26.3. The van der Waals surface area contributed by atoms with Crippen LogP contribution in [0.2, 0.25) is 0 Å². The Bertz CT molecular complexity index is 857. The molecule has 4 nitrogen and oxygen atoms in total. The summed E-state index contributed by atoms with van der Waals surface area (Å²) in [6.45, 7) is 3.50. The van der Waals surface area contributed by atoms with Crippen LogP contribution in [-0.4, -0.2) is 17.1 Å². The predicted octanol–water partition coefficient (Wildman–Crippen LogP) is 3.89. The van der Waals surface area contributed by atoms with Crippen LogP contribution in [0, 0.1) is 11.6 Å². The molecule has 130 valence electrons. The number of thioether (sulfide) groups is 1. The summed E-state index contributed by atoms with van der Waals surface area (Å²) in [5.41, 5.74) is 1.44. The fourth-order valence-electron chi connectivity index (χ4n) is 2.50. The van der Waals surface area contributed by atoms with E-state index >= 15 is 0 Å². The fraction of sp³-hybridized carbons (Fsp3) is 0.222. The van der Waals surface area contributed by atoms with Crippen LogP contribution in [0.5, 0.6) is 0 Å². The molecule has 0 aliphatic carbocycles. The Kier molecular flexibility index (Phi) is 4.76. The van der Waals surface area contributed by atoms with Crippen LogP contribution in [0.1, 0.15) is 35.8 Å². The molecule has 0 saturated heterocycles. The highest BCUT2D eigenvalue weighted by atomic mass is 32.2. The monoisotopic (exact) mass is 362 g/mol. The van der Waals surface area contributed by atoms with E-state index in [-0.39, 0.29) is 17.1 Å². The molecule has 0 fully saturated rings. The molecule has 3 rings (SSSR count). The summed E-state index contributed by atoms with van der Waals surface area (Å²) in [5, 5.41) is 5.33. The lowest BCUT2D eigenvalue weighted by atomic mass is 10.1. The Hall–Kier alpha value is -2.41. The van der Waals surface area contributed by atoms with Gasteiger partial charge in [-0.2, -0.15) is 0 Å². The molecule has 0 saturated carbocycles.